The average molecular weight is 401 g/mol. The van der Waals surface area contributed by atoms with Gasteiger partial charge in [-0.3, -0.25) is 14.6 Å². The summed E-state index contributed by atoms with van der Waals surface area (Å²) in [6.45, 7) is 2.39. The Morgan fingerprint density at radius 1 is 1.10 bits per heavy atom. The van der Waals surface area contributed by atoms with E-state index in [1.54, 1.807) is 54.5 Å². The van der Waals surface area contributed by atoms with Crippen LogP contribution in [0.4, 0.5) is 15.8 Å². The maximum absolute atomic E-state index is 13.1. The molecule has 0 spiro atoms. The van der Waals surface area contributed by atoms with Crippen molar-refractivity contribution in [2.24, 2.45) is 0 Å². The lowest BCUT2D eigenvalue weighted by molar-refractivity contribution is -0.111. The highest BCUT2D eigenvalue weighted by Gasteiger charge is 2.25. The molecule has 0 saturated carbocycles. The van der Waals surface area contributed by atoms with E-state index in [9.17, 15) is 14.0 Å². The first-order valence-corrected chi connectivity index (χ1v) is 9.61. The Morgan fingerprint density at radius 2 is 1.90 bits per heavy atom. The number of amides is 2. The molecule has 30 heavy (non-hydrogen) atoms. The van der Waals surface area contributed by atoms with Gasteiger partial charge in [0.1, 0.15) is 5.82 Å². The molecule has 1 aliphatic rings. The number of benzene rings is 2. The predicted octanol–water partition coefficient (Wildman–Crippen LogP) is 4.47. The Labute approximate surface area is 173 Å². The summed E-state index contributed by atoms with van der Waals surface area (Å²) in [5.74, 6) is -0.667. The zero-order valence-electron chi connectivity index (χ0n) is 16.4. The first-order chi connectivity index (χ1) is 14.5. The van der Waals surface area contributed by atoms with Crippen LogP contribution >= 0.6 is 0 Å². The molecule has 0 saturated heterocycles. The summed E-state index contributed by atoms with van der Waals surface area (Å²) < 4.78 is 13.1. The van der Waals surface area contributed by atoms with Gasteiger partial charge in [0.15, 0.2) is 0 Å². The Kier molecular flexibility index (Phi) is 5.39. The van der Waals surface area contributed by atoms with Crippen LogP contribution in [0, 0.1) is 5.82 Å². The highest BCUT2D eigenvalue weighted by molar-refractivity contribution is 6.08. The summed E-state index contributed by atoms with van der Waals surface area (Å²) in [6, 6.07) is 15.0. The molecule has 2 aromatic carbocycles. The summed E-state index contributed by atoms with van der Waals surface area (Å²) in [4.78, 5) is 30.9. The largest absolute Gasteiger partial charge is 0.322 e. The second-order valence-electron chi connectivity index (χ2n) is 7.12. The Balaban J connectivity index is 1.47. The number of pyridine rings is 1. The lowest BCUT2D eigenvalue weighted by atomic mass is 10.1. The van der Waals surface area contributed by atoms with E-state index in [1.165, 1.54) is 18.2 Å². The maximum Gasteiger partial charge on any atom is 0.259 e. The number of rotatable bonds is 4. The number of fused-ring (bicyclic) bond motifs is 1. The number of hydrogen-bond acceptors (Lipinski definition) is 3. The van der Waals surface area contributed by atoms with Gasteiger partial charge in [0, 0.05) is 36.4 Å². The van der Waals surface area contributed by atoms with Crippen molar-refractivity contribution in [3.05, 3.63) is 95.6 Å². The first-order valence-electron chi connectivity index (χ1n) is 9.61. The van der Waals surface area contributed by atoms with Gasteiger partial charge in [-0.2, -0.15) is 0 Å². The monoisotopic (exact) mass is 401 g/mol. The molecule has 150 valence electrons. The van der Waals surface area contributed by atoms with Gasteiger partial charge in [-0.25, -0.2) is 4.39 Å². The minimum absolute atomic E-state index is 0.0866. The zero-order valence-corrected chi connectivity index (χ0v) is 16.4. The lowest BCUT2D eigenvalue weighted by Gasteiger charge is -2.17. The van der Waals surface area contributed by atoms with Gasteiger partial charge in [-0.1, -0.05) is 12.1 Å². The second kappa shape index (κ2) is 8.29. The molecule has 0 atom stereocenters. The van der Waals surface area contributed by atoms with E-state index in [-0.39, 0.29) is 17.6 Å². The third-order valence-corrected chi connectivity index (χ3v) is 5.04. The summed E-state index contributed by atoms with van der Waals surface area (Å²) in [7, 11) is 0. The third kappa shape index (κ3) is 4.12. The summed E-state index contributed by atoms with van der Waals surface area (Å²) in [6.07, 6.45) is 5.40. The molecule has 0 unspecified atom stereocenters. The molecule has 2 amide bonds. The number of nitrogens with one attached hydrogen (secondary N) is 1. The van der Waals surface area contributed by atoms with Gasteiger partial charge >= 0.3 is 0 Å². The number of carbonyl (C=O) groups excluding carboxylic acids is 2. The fourth-order valence-electron chi connectivity index (χ4n) is 3.51. The van der Waals surface area contributed by atoms with Crippen molar-refractivity contribution in [2.75, 3.05) is 16.8 Å². The fourth-order valence-corrected chi connectivity index (χ4v) is 3.51. The zero-order chi connectivity index (χ0) is 21.1. The highest BCUT2D eigenvalue weighted by atomic mass is 19.1. The molecule has 0 bridgehead atoms. The molecule has 0 aliphatic carbocycles. The van der Waals surface area contributed by atoms with Crippen LogP contribution in [0.2, 0.25) is 0 Å². The topological polar surface area (TPSA) is 62.3 Å². The fraction of sp³-hybridized carbons (Fsp3) is 0.125. The van der Waals surface area contributed by atoms with Crippen LogP contribution in [0.5, 0.6) is 0 Å². The molecule has 5 nitrogen and oxygen atoms in total. The number of aromatic nitrogens is 1. The van der Waals surface area contributed by atoms with E-state index in [2.05, 4.69) is 10.3 Å². The normalized spacial score (nSPS) is 13.1. The predicted molar refractivity (Wildman–Crippen MR) is 115 cm³/mol. The van der Waals surface area contributed by atoms with Crippen molar-refractivity contribution in [3.63, 3.8) is 0 Å². The van der Waals surface area contributed by atoms with Crippen molar-refractivity contribution in [1.29, 1.82) is 0 Å². The Morgan fingerprint density at radius 3 is 2.63 bits per heavy atom. The molecule has 2 heterocycles. The Bertz CT molecular complexity index is 1120. The first kappa shape index (κ1) is 19.5. The number of nitrogens with zero attached hydrogens (tertiary/aromatic N) is 2. The minimum atomic E-state index is -0.315. The molecular formula is C24H20FN3O2. The molecule has 3 aromatic rings. The maximum atomic E-state index is 13.1. The van der Waals surface area contributed by atoms with Crippen molar-refractivity contribution in [3.8, 4) is 0 Å². The SMILES string of the molecule is C/C(=C\C(=O)Nc1ccc2c(c1)CCN2C(=O)c1cccnc1)c1ccc(F)cc1. The van der Waals surface area contributed by atoms with Crippen molar-refractivity contribution in [2.45, 2.75) is 13.3 Å². The second-order valence-corrected chi connectivity index (χ2v) is 7.12. The van der Waals surface area contributed by atoms with Crippen LogP contribution in [-0.2, 0) is 11.2 Å². The quantitative estimate of drug-likeness (QED) is 0.657. The van der Waals surface area contributed by atoms with Crippen LogP contribution < -0.4 is 10.2 Å². The van der Waals surface area contributed by atoms with Crippen molar-refractivity contribution in [1.82, 2.24) is 4.98 Å². The summed E-state index contributed by atoms with van der Waals surface area (Å²) >= 11 is 0. The van der Waals surface area contributed by atoms with E-state index in [4.69, 9.17) is 0 Å². The van der Waals surface area contributed by atoms with Gasteiger partial charge in [-0.15, -0.1) is 0 Å². The summed E-state index contributed by atoms with van der Waals surface area (Å²) in [5.41, 5.74) is 4.58. The van der Waals surface area contributed by atoms with E-state index in [0.717, 1.165) is 28.8 Å². The molecule has 1 aliphatic heterocycles. The van der Waals surface area contributed by atoms with E-state index < -0.39 is 0 Å². The number of halogens is 1. The van der Waals surface area contributed by atoms with Gasteiger partial charge in [-0.05, 0) is 72.5 Å². The van der Waals surface area contributed by atoms with Gasteiger partial charge in [0.25, 0.3) is 5.91 Å². The average Bonchev–Trinajstić information content (AvgIpc) is 3.17. The van der Waals surface area contributed by atoms with Gasteiger partial charge < -0.3 is 10.2 Å². The van der Waals surface area contributed by atoms with Gasteiger partial charge in [0.2, 0.25) is 5.91 Å². The number of allylic oxidation sites excluding steroid dienone is 1. The molecule has 0 radical (unpaired) electrons. The molecular weight excluding hydrogens is 381 g/mol. The van der Waals surface area contributed by atoms with E-state index >= 15 is 0 Å². The number of hydrogen-bond donors (Lipinski definition) is 1. The van der Waals surface area contributed by atoms with Crippen molar-refractivity contribution >= 4 is 28.8 Å². The molecule has 1 aromatic heterocycles. The molecule has 4 rings (SSSR count). The van der Waals surface area contributed by atoms with Crippen LogP contribution in [0.15, 0.2) is 73.1 Å². The van der Waals surface area contributed by atoms with Crippen LogP contribution in [-0.4, -0.2) is 23.3 Å². The molecule has 6 heteroatoms. The molecule has 1 N–H and O–H groups in total. The Hall–Kier alpha value is -3.80. The third-order valence-electron chi connectivity index (χ3n) is 5.04. The highest BCUT2D eigenvalue weighted by Crippen LogP contribution is 2.31. The molecule has 0 fully saturated rings. The smallest absolute Gasteiger partial charge is 0.259 e. The minimum Gasteiger partial charge on any atom is -0.322 e. The van der Waals surface area contributed by atoms with E-state index in [0.29, 0.717) is 17.8 Å². The van der Waals surface area contributed by atoms with E-state index in [1.807, 2.05) is 12.1 Å². The number of anilines is 2. The number of carbonyl (C=O) groups is 2. The lowest BCUT2D eigenvalue weighted by Crippen LogP contribution is -2.28. The van der Waals surface area contributed by atoms with Crippen LogP contribution in [0.3, 0.4) is 0 Å². The van der Waals surface area contributed by atoms with Crippen molar-refractivity contribution < 1.29 is 14.0 Å². The van der Waals surface area contributed by atoms with Gasteiger partial charge in [0.05, 0.1) is 5.56 Å². The van der Waals surface area contributed by atoms with Crippen LogP contribution in [0.25, 0.3) is 5.57 Å². The van der Waals surface area contributed by atoms with Crippen LogP contribution in [0.1, 0.15) is 28.4 Å². The standard InChI is InChI=1S/C24H20FN3O2/c1-16(17-4-6-20(25)7-5-17)13-23(29)27-21-8-9-22-18(14-21)10-12-28(22)24(30)19-3-2-11-26-15-19/h2-9,11,13-15H,10,12H2,1H3,(H,27,29)/b16-13+. The summed E-state index contributed by atoms with van der Waals surface area (Å²) in [5, 5.41) is 2.86.